The van der Waals surface area contributed by atoms with Gasteiger partial charge in [-0.25, -0.2) is 4.85 Å². The molecule has 0 aliphatic heterocycles. The van der Waals surface area contributed by atoms with Crippen molar-refractivity contribution in [3.05, 3.63) is 272 Å². The average molecular weight is 1050 g/mol. The molecule has 0 radical (unpaired) electrons. The molecule has 0 aliphatic carbocycles. The van der Waals surface area contributed by atoms with E-state index in [0.29, 0.717) is 22.5 Å². The van der Waals surface area contributed by atoms with E-state index in [4.69, 9.17) is 0 Å². The SMILES string of the molecule is [C-]#[N+]c1c(-c2ccccc2)c(C#N)c(-n2c3c(ccc4c5ccccc5sc43)c3ccc4c5cc(-c6ccccc6)ccc5sc4c32)c(-c2ccccc2)c1-n1c2ccccc2c2c(-c3ccccc3)c(-c3ccccc3)ccc21. The molecule has 370 valence electrons. The van der Waals surface area contributed by atoms with Gasteiger partial charge in [0.15, 0.2) is 0 Å². The summed E-state index contributed by atoms with van der Waals surface area (Å²) in [6, 6.07) is 93.4. The van der Waals surface area contributed by atoms with Crippen LogP contribution in [0, 0.1) is 17.9 Å². The van der Waals surface area contributed by atoms with E-state index in [1.807, 2.05) is 24.3 Å². The first-order valence-electron chi connectivity index (χ1n) is 26.8. The second-order valence-electron chi connectivity index (χ2n) is 20.4. The molecular formula is C74H42N4S2. The smallest absolute Gasteiger partial charge is 0.220 e. The molecule has 6 heteroatoms. The summed E-state index contributed by atoms with van der Waals surface area (Å²) in [6.07, 6.45) is 0. The normalized spacial score (nSPS) is 11.7. The topological polar surface area (TPSA) is 38.0 Å². The molecule has 0 saturated heterocycles. The van der Waals surface area contributed by atoms with E-state index >= 15 is 0 Å². The number of nitrogens with zero attached hydrogens (tertiary/aromatic N) is 4. The summed E-state index contributed by atoms with van der Waals surface area (Å²) in [5.74, 6) is 0. The number of para-hydroxylation sites is 1. The second-order valence-corrected chi connectivity index (χ2v) is 22.5. The molecule has 0 unspecified atom stereocenters. The fourth-order valence-corrected chi connectivity index (χ4v) is 15.3. The molecule has 16 rings (SSSR count). The Labute approximate surface area is 468 Å². The van der Waals surface area contributed by atoms with Crippen molar-refractivity contribution in [1.82, 2.24) is 9.13 Å². The quantitative estimate of drug-likeness (QED) is 0.147. The first-order valence-corrected chi connectivity index (χ1v) is 28.4. The van der Waals surface area contributed by atoms with E-state index in [-0.39, 0.29) is 0 Å². The Morgan fingerprint density at radius 3 is 1.48 bits per heavy atom. The van der Waals surface area contributed by atoms with Crippen LogP contribution >= 0.6 is 22.7 Å². The lowest BCUT2D eigenvalue weighted by Gasteiger charge is -2.26. The highest BCUT2D eigenvalue weighted by Gasteiger charge is 2.33. The van der Waals surface area contributed by atoms with Crippen LogP contribution in [0.4, 0.5) is 5.69 Å². The lowest BCUT2D eigenvalue weighted by Crippen LogP contribution is -2.09. The summed E-state index contributed by atoms with van der Waals surface area (Å²) in [5, 5.41) is 21.4. The Bertz CT molecular complexity index is 5290. The molecule has 0 fully saturated rings. The Morgan fingerprint density at radius 1 is 0.362 bits per heavy atom. The molecule has 0 spiro atoms. The highest BCUT2D eigenvalue weighted by atomic mass is 32.1. The first-order chi connectivity index (χ1) is 39.7. The third-order valence-electron chi connectivity index (χ3n) is 16.2. The van der Waals surface area contributed by atoms with E-state index in [0.717, 1.165) is 114 Å². The number of hydrogen-bond acceptors (Lipinski definition) is 3. The lowest BCUT2D eigenvalue weighted by atomic mass is 9.88. The third-order valence-corrected chi connectivity index (χ3v) is 18.6. The number of fused-ring (bicyclic) bond motifs is 14. The van der Waals surface area contributed by atoms with Crippen molar-refractivity contribution in [3.63, 3.8) is 0 Å². The standard InChI is InChI=1S/C74H42N4S2/c1-76-68-65(48-27-13-5-14-28-48)59(44-75)69(66(49-29-15-6-16-30-49)72(68)77-60-33-19-17-32-57(60)67-61(77)41-40-51(46-23-9-3-10-24-46)64(67)47-25-11-4-12-26-47)78-70-53(36-38-55-52-31-18-20-34-62(52)79-73(55)70)54-37-39-56-58-43-50(45-21-7-2-8-22-45)35-42-63(58)80-74(56)71(54)78/h2-43H. The maximum atomic E-state index is 12.4. The second kappa shape index (κ2) is 18.1. The maximum Gasteiger partial charge on any atom is 0.220 e. The Morgan fingerprint density at radius 2 is 0.863 bits per heavy atom. The van der Waals surface area contributed by atoms with Gasteiger partial charge in [-0.2, -0.15) is 5.26 Å². The molecule has 0 atom stereocenters. The maximum absolute atomic E-state index is 12.4. The minimum Gasteiger partial charge on any atom is -0.318 e. The molecule has 0 N–H and O–H groups in total. The van der Waals surface area contributed by atoms with Crippen molar-refractivity contribution >= 4 is 112 Å². The molecule has 4 heterocycles. The fraction of sp³-hybridized carbons (Fsp3) is 0. The predicted octanol–water partition coefficient (Wildman–Crippen LogP) is 21.4. The molecular weight excluding hydrogens is 1010 g/mol. The number of benzene rings is 12. The third kappa shape index (κ3) is 6.71. The van der Waals surface area contributed by atoms with Gasteiger partial charge in [0.2, 0.25) is 5.69 Å². The fourth-order valence-electron chi connectivity index (χ4n) is 12.8. The summed E-state index contributed by atoms with van der Waals surface area (Å²) >= 11 is 3.60. The van der Waals surface area contributed by atoms with Gasteiger partial charge in [0, 0.05) is 63.6 Å². The number of hydrogen-bond donors (Lipinski definition) is 0. The molecule has 4 nitrogen and oxygen atoms in total. The highest BCUT2D eigenvalue weighted by Crippen LogP contribution is 2.55. The highest BCUT2D eigenvalue weighted by molar-refractivity contribution is 7.27. The summed E-state index contributed by atoms with van der Waals surface area (Å²) in [4.78, 5) is 4.67. The van der Waals surface area contributed by atoms with Gasteiger partial charge in [-0.3, -0.25) is 0 Å². The van der Waals surface area contributed by atoms with E-state index in [2.05, 4.69) is 251 Å². The predicted molar refractivity (Wildman–Crippen MR) is 339 cm³/mol. The molecule has 0 bridgehead atoms. The van der Waals surface area contributed by atoms with Gasteiger partial charge in [-0.15, -0.1) is 22.7 Å². The average Bonchev–Trinajstić information content (AvgIpc) is 4.46. The van der Waals surface area contributed by atoms with Crippen molar-refractivity contribution in [3.8, 4) is 73.1 Å². The van der Waals surface area contributed by atoms with Gasteiger partial charge in [0.1, 0.15) is 6.07 Å². The number of aromatic nitrogens is 2. The van der Waals surface area contributed by atoms with E-state index in [1.54, 1.807) is 22.7 Å². The molecule has 4 aromatic heterocycles. The molecule has 0 aliphatic rings. The van der Waals surface area contributed by atoms with Crippen LogP contribution in [0.3, 0.4) is 0 Å². The molecule has 0 amide bonds. The van der Waals surface area contributed by atoms with Crippen LogP contribution in [-0.4, -0.2) is 9.13 Å². The molecule has 0 saturated carbocycles. The zero-order valence-corrected chi connectivity index (χ0v) is 44.5. The Kier molecular flexibility index (Phi) is 10.4. The van der Waals surface area contributed by atoms with Gasteiger partial charge in [-0.1, -0.05) is 224 Å². The largest absolute Gasteiger partial charge is 0.318 e. The van der Waals surface area contributed by atoms with Gasteiger partial charge in [0.05, 0.1) is 55.0 Å². The Hall–Kier alpha value is -10.3. The van der Waals surface area contributed by atoms with Crippen molar-refractivity contribution in [2.45, 2.75) is 0 Å². The monoisotopic (exact) mass is 1050 g/mol. The zero-order valence-electron chi connectivity index (χ0n) is 42.9. The summed E-state index contributed by atoms with van der Waals surface area (Å²) in [7, 11) is 0. The summed E-state index contributed by atoms with van der Waals surface area (Å²) in [5.41, 5.74) is 16.1. The van der Waals surface area contributed by atoms with Crippen molar-refractivity contribution < 1.29 is 0 Å². The van der Waals surface area contributed by atoms with Gasteiger partial charge in [0.25, 0.3) is 0 Å². The molecule has 16 aromatic rings. The van der Waals surface area contributed by atoms with Crippen LogP contribution in [0.2, 0.25) is 0 Å². The minimum atomic E-state index is 0.402. The Balaban J connectivity index is 1.16. The van der Waals surface area contributed by atoms with Gasteiger partial charge < -0.3 is 9.13 Å². The van der Waals surface area contributed by atoms with Gasteiger partial charge in [-0.05, 0) is 74.8 Å². The van der Waals surface area contributed by atoms with Gasteiger partial charge >= 0.3 is 0 Å². The van der Waals surface area contributed by atoms with Crippen molar-refractivity contribution in [1.29, 1.82) is 5.26 Å². The summed E-state index contributed by atoms with van der Waals surface area (Å²) in [6.45, 7) is 9.57. The van der Waals surface area contributed by atoms with Crippen LogP contribution in [0.25, 0.3) is 156 Å². The molecule has 80 heavy (non-hydrogen) atoms. The number of nitriles is 1. The van der Waals surface area contributed by atoms with Crippen LogP contribution in [0.5, 0.6) is 0 Å². The summed E-state index contributed by atoms with van der Waals surface area (Å²) < 4.78 is 9.45. The number of rotatable bonds is 7. The van der Waals surface area contributed by atoms with Crippen LogP contribution in [0.1, 0.15) is 5.56 Å². The zero-order chi connectivity index (χ0) is 53.0. The van der Waals surface area contributed by atoms with Crippen molar-refractivity contribution in [2.75, 3.05) is 0 Å². The van der Waals surface area contributed by atoms with Crippen LogP contribution in [0.15, 0.2) is 255 Å². The van der Waals surface area contributed by atoms with Crippen LogP contribution < -0.4 is 0 Å². The molecule has 12 aromatic carbocycles. The lowest BCUT2D eigenvalue weighted by molar-refractivity contribution is 1.14. The van der Waals surface area contributed by atoms with E-state index < -0.39 is 0 Å². The van der Waals surface area contributed by atoms with E-state index in [1.165, 1.54) is 25.7 Å². The number of thiophene rings is 2. The minimum absolute atomic E-state index is 0.402. The van der Waals surface area contributed by atoms with Crippen molar-refractivity contribution in [2.24, 2.45) is 0 Å². The van der Waals surface area contributed by atoms with Crippen LogP contribution in [-0.2, 0) is 0 Å². The first kappa shape index (κ1) is 45.8. The van der Waals surface area contributed by atoms with E-state index in [9.17, 15) is 11.8 Å².